The number of hydrogen-bond acceptors (Lipinski definition) is 4. The van der Waals surface area contributed by atoms with E-state index < -0.39 is 32.3 Å². The van der Waals surface area contributed by atoms with Crippen molar-refractivity contribution in [1.82, 2.24) is 10.2 Å². The Morgan fingerprint density at radius 2 is 2.15 bits per heavy atom. The number of hydrogen-bond donors (Lipinski definition) is 3. The lowest BCUT2D eigenvalue weighted by Gasteiger charge is -2.09. The number of H-pyrrole nitrogens is 1. The third-order valence-electron chi connectivity index (χ3n) is 2.27. The van der Waals surface area contributed by atoms with Crippen molar-refractivity contribution in [3.05, 3.63) is 40.9 Å². The van der Waals surface area contributed by atoms with Crippen LogP contribution < -0.4 is 4.72 Å². The molecular weight excluding hydrogens is 313 g/mol. The van der Waals surface area contributed by atoms with Gasteiger partial charge in [-0.1, -0.05) is 11.6 Å². The molecule has 0 bridgehead atoms. The summed E-state index contributed by atoms with van der Waals surface area (Å²) >= 11 is 5.61. The van der Waals surface area contributed by atoms with E-state index in [2.05, 4.69) is 10.2 Å². The van der Waals surface area contributed by atoms with Crippen molar-refractivity contribution in [2.24, 2.45) is 0 Å². The highest BCUT2D eigenvalue weighted by molar-refractivity contribution is 7.92. The van der Waals surface area contributed by atoms with Gasteiger partial charge in [-0.15, -0.1) is 0 Å². The molecule has 0 aliphatic carbocycles. The largest absolute Gasteiger partial charge is 0.478 e. The minimum absolute atomic E-state index is 0.0706. The third-order valence-corrected chi connectivity index (χ3v) is 3.87. The fourth-order valence-electron chi connectivity index (χ4n) is 1.43. The quantitative estimate of drug-likeness (QED) is 0.794. The van der Waals surface area contributed by atoms with Crippen molar-refractivity contribution in [3.63, 3.8) is 0 Å². The van der Waals surface area contributed by atoms with Gasteiger partial charge in [-0.05, 0) is 12.1 Å². The Balaban J connectivity index is 2.54. The molecule has 106 valence electrons. The van der Waals surface area contributed by atoms with Gasteiger partial charge in [0.25, 0.3) is 10.0 Å². The van der Waals surface area contributed by atoms with Crippen LogP contribution >= 0.6 is 11.6 Å². The van der Waals surface area contributed by atoms with Crippen molar-refractivity contribution in [2.75, 3.05) is 4.72 Å². The summed E-state index contributed by atoms with van der Waals surface area (Å²) in [4.78, 5) is 9.98. The highest BCUT2D eigenvalue weighted by Gasteiger charge is 2.25. The number of sulfonamides is 1. The highest BCUT2D eigenvalue weighted by atomic mass is 35.5. The topological polar surface area (TPSA) is 112 Å². The second kappa shape index (κ2) is 5.10. The van der Waals surface area contributed by atoms with Crippen LogP contribution in [0.15, 0.2) is 29.4 Å². The molecule has 0 saturated carbocycles. The lowest BCUT2D eigenvalue weighted by atomic mass is 10.2. The van der Waals surface area contributed by atoms with E-state index in [1.165, 1.54) is 6.20 Å². The Kier molecular flexibility index (Phi) is 3.64. The predicted molar refractivity (Wildman–Crippen MR) is 67.8 cm³/mol. The fourth-order valence-corrected chi connectivity index (χ4v) is 2.88. The Hall–Kier alpha value is -2.13. The molecule has 0 amide bonds. The molecule has 0 unspecified atom stereocenters. The fraction of sp³-hybridized carbons (Fsp3) is 0. The molecule has 2 rings (SSSR count). The van der Waals surface area contributed by atoms with Crippen molar-refractivity contribution in [1.29, 1.82) is 0 Å². The van der Waals surface area contributed by atoms with Crippen LogP contribution in [0.5, 0.6) is 0 Å². The van der Waals surface area contributed by atoms with Crippen molar-refractivity contribution in [2.45, 2.75) is 4.90 Å². The van der Waals surface area contributed by atoms with Gasteiger partial charge in [0.05, 0.1) is 17.4 Å². The molecule has 0 fully saturated rings. The molecule has 0 atom stereocenters. The Morgan fingerprint density at radius 3 is 2.70 bits per heavy atom. The lowest BCUT2D eigenvalue weighted by molar-refractivity contribution is 0.0691. The molecular formula is C10H7ClFN3O4S. The molecule has 0 saturated heterocycles. The van der Waals surface area contributed by atoms with Crippen LogP contribution in [0.4, 0.5) is 10.1 Å². The number of aromatic amines is 1. The maximum absolute atomic E-state index is 13.9. The van der Waals surface area contributed by atoms with Gasteiger partial charge in [-0.3, -0.25) is 9.82 Å². The Morgan fingerprint density at radius 1 is 1.45 bits per heavy atom. The van der Waals surface area contributed by atoms with E-state index >= 15 is 0 Å². The van der Waals surface area contributed by atoms with E-state index in [0.717, 1.165) is 18.3 Å². The first-order valence-electron chi connectivity index (χ1n) is 5.05. The van der Waals surface area contributed by atoms with E-state index in [9.17, 15) is 17.6 Å². The van der Waals surface area contributed by atoms with E-state index in [0.29, 0.717) is 0 Å². The summed E-state index contributed by atoms with van der Waals surface area (Å²) in [6, 6.07) is 1.65. The highest BCUT2D eigenvalue weighted by Crippen LogP contribution is 2.25. The number of rotatable bonds is 4. The SMILES string of the molecule is O=C(O)c1cc(Cl)cc(S(=O)(=O)Nc2cn[nH]c2)c1F. The van der Waals surface area contributed by atoms with Gasteiger partial charge in [-0.2, -0.15) is 5.10 Å². The molecule has 3 N–H and O–H groups in total. The van der Waals surface area contributed by atoms with Gasteiger partial charge >= 0.3 is 5.97 Å². The first kappa shape index (κ1) is 14.3. The average Bonchev–Trinajstić information content (AvgIpc) is 2.83. The maximum atomic E-state index is 13.9. The van der Waals surface area contributed by atoms with Crippen LogP contribution in [0.3, 0.4) is 0 Å². The monoisotopic (exact) mass is 319 g/mol. The molecule has 2 aromatic rings. The molecule has 0 aliphatic heterocycles. The van der Waals surface area contributed by atoms with E-state index in [-0.39, 0.29) is 10.7 Å². The zero-order chi connectivity index (χ0) is 14.9. The molecule has 0 radical (unpaired) electrons. The zero-order valence-electron chi connectivity index (χ0n) is 9.59. The average molecular weight is 320 g/mol. The normalized spacial score (nSPS) is 11.3. The summed E-state index contributed by atoms with van der Waals surface area (Å²) in [5, 5.41) is 14.5. The summed E-state index contributed by atoms with van der Waals surface area (Å²) in [7, 11) is -4.33. The van der Waals surface area contributed by atoms with Crippen LogP contribution in [0.25, 0.3) is 0 Å². The molecule has 1 heterocycles. The first-order chi connectivity index (χ1) is 9.31. The standard InChI is InChI=1S/C10H7ClFN3O4S/c11-5-1-7(10(16)17)9(12)8(2-5)20(18,19)15-6-3-13-14-4-6/h1-4,15H,(H,13,14)(H,16,17). The number of nitrogens with one attached hydrogen (secondary N) is 2. The predicted octanol–water partition coefficient (Wildman–Crippen LogP) is 1.70. The van der Waals surface area contributed by atoms with Gasteiger partial charge < -0.3 is 5.11 Å². The second-order valence-corrected chi connectivity index (χ2v) is 5.75. The minimum Gasteiger partial charge on any atom is -0.478 e. The summed E-state index contributed by atoms with van der Waals surface area (Å²) in [5.74, 6) is -3.01. The van der Waals surface area contributed by atoms with Crippen LogP contribution in [-0.2, 0) is 10.0 Å². The van der Waals surface area contributed by atoms with E-state index in [1.54, 1.807) is 0 Å². The van der Waals surface area contributed by atoms with Gasteiger partial charge in [-0.25, -0.2) is 17.6 Å². The number of aromatic nitrogens is 2. The van der Waals surface area contributed by atoms with E-state index in [4.69, 9.17) is 16.7 Å². The Labute approximate surface area is 117 Å². The molecule has 7 nitrogen and oxygen atoms in total. The van der Waals surface area contributed by atoms with Crippen molar-refractivity contribution < 1.29 is 22.7 Å². The summed E-state index contributed by atoms with van der Waals surface area (Å²) in [5.41, 5.74) is -0.758. The zero-order valence-corrected chi connectivity index (χ0v) is 11.2. The minimum atomic E-state index is -4.33. The van der Waals surface area contributed by atoms with Crippen molar-refractivity contribution >= 4 is 33.3 Å². The van der Waals surface area contributed by atoms with Gasteiger partial charge in [0, 0.05) is 11.2 Å². The van der Waals surface area contributed by atoms with Crippen LogP contribution in [-0.4, -0.2) is 29.7 Å². The molecule has 0 aliphatic rings. The number of carbonyl (C=O) groups is 1. The molecule has 10 heteroatoms. The molecule has 1 aromatic carbocycles. The number of carboxylic acid groups (broad SMARTS) is 1. The number of benzene rings is 1. The maximum Gasteiger partial charge on any atom is 0.338 e. The lowest BCUT2D eigenvalue weighted by Crippen LogP contribution is -2.16. The van der Waals surface area contributed by atoms with Gasteiger partial charge in [0.1, 0.15) is 4.90 Å². The smallest absolute Gasteiger partial charge is 0.338 e. The molecule has 20 heavy (non-hydrogen) atoms. The summed E-state index contributed by atoms with van der Waals surface area (Å²) in [6.07, 6.45) is 2.40. The van der Waals surface area contributed by atoms with Gasteiger partial charge in [0.15, 0.2) is 5.82 Å². The van der Waals surface area contributed by atoms with Crippen molar-refractivity contribution in [3.8, 4) is 0 Å². The second-order valence-electron chi connectivity index (χ2n) is 3.66. The number of halogens is 2. The molecule has 0 spiro atoms. The van der Waals surface area contributed by atoms with E-state index in [1.807, 2.05) is 4.72 Å². The summed E-state index contributed by atoms with van der Waals surface area (Å²) < 4.78 is 40.0. The first-order valence-corrected chi connectivity index (χ1v) is 6.91. The van der Waals surface area contributed by atoms with Crippen LogP contribution in [0, 0.1) is 5.82 Å². The number of nitrogens with zero attached hydrogens (tertiary/aromatic N) is 1. The third kappa shape index (κ3) is 2.73. The van der Waals surface area contributed by atoms with Crippen LogP contribution in [0.1, 0.15) is 10.4 Å². The van der Waals surface area contributed by atoms with Gasteiger partial charge in [0.2, 0.25) is 0 Å². The summed E-state index contributed by atoms with van der Waals surface area (Å²) in [6.45, 7) is 0. The van der Waals surface area contributed by atoms with Crippen LogP contribution in [0.2, 0.25) is 5.02 Å². The molecule has 1 aromatic heterocycles. The number of aromatic carboxylic acids is 1. The number of carboxylic acids is 1. The Bertz CT molecular complexity index is 761. The number of anilines is 1.